The van der Waals surface area contributed by atoms with E-state index in [0.717, 1.165) is 28.2 Å². The molecular weight excluding hydrogens is 412 g/mol. The molecular formula is C23H26N4O3S. The normalized spacial score (nSPS) is 11.7. The number of amides is 1. The molecule has 0 fully saturated rings. The Morgan fingerprint density at radius 1 is 1.03 bits per heavy atom. The number of aromatic nitrogens is 2. The fourth-order valence-electron chi connectivity index (χ4n) is 3.17. The zero-order chi connectivity index (χ0) is 22.4. The smallest absolute Gasteiger partial charge is 0.244 e. The van der Waals surface area contributed by atoms with Crippen molar-refractivity contribution in [1.82, 2.24) is 19.8 Å². The first kappa shape index (κ1) is 22.5. The summed E-state index contributed by atoms with van der Waals surface area (Å²) in [4.78, 5) is 12.3. The highest BCUT2D eigenvalue weighted by Crippen LogP contribution is 2.19. The number of hydrogen-bond donors (Lipinski definition) is 2. The molecule has 0 aliphatic carbocycles. The van der Waals surface area contributed by atoms with Crippen LogP contribution in [0.15, 0.2) is 60.7 Å². The third-order valence-corrected chi connectivity index (χ3v) is 6.24. The first-order valence-electron chi connectivity index (χ1n) is 9.85. The first-order chi connectivity index (χ1) is 14.8. The van der Waals surface area contributed by atoms with Crippen molar-refractivity contribution in [2.45, 2.75) is 26.1 Å². The summed E-state index contributed by atoms with van der Waals surface area (Å²) in [6.07, 6.45) is 3.28. The lowest BCUT2D eigenvalue weighted by atomic mass is 10.1. The van der Waals surface area contributed by atoms with Gasteiger partial charge in [-0.15, -0.1) is 0 Å². The lowest BCUT2D eigenvalue weighted by molar-refractivity contribution is -0.116. The van der Waals surface area contributed by atoms with Crippen LogP contribution >= 0.6 is 0 Å². The van der Waals surface area contributed by atoms with E-state index >= 15 is 0 Å². The highest BCUT2D eigenvalue weighted by atomic mass is 32.2. The van der Waals surface area contributed by atoms with Gasteiger partial charge in [0.1, 0.15) is 0 Å². The van der Waals surface area contributed by atoms with Gasteiger partial charge in [-0.1, -0.05) is 42.5 Å². The number of nitrogens with zero attached hydrogens (tertiary/aromatic N) is 2. The lowest BCUT2D eigenvalue weighted by Gasteiger charge is -2.06. The number of para-hydroxylation sites is 1. The van der Waals surface area contributed by atoms with E-state index < -0.39 is 10.0 Å². The average molecular weight is 439 g/mol. The summed E-state index contributed by atoms with van der Waals surface area (Å²) < 4.78 is 27.4. The molecule has 0 atom stereocenters. The van der Waals surface area contributed by atoms with Crippen LogP contribution in [-0.2, 0) is 27.1 Å². The molecule has 0 aliphatic rings. The van der Waals surface area contributed by atoms with Crippen LogP contribution in [0.4, 0.5) is 0 Å². The fraction of sp³-hybridized carbons (Fsp3) is 0.217. The Kier molecular flexibility index (Phi) is 7.04. The molecule has 7 nitrogen and oxygen atoms in total. The van der Waals surface area contributed by atoms with Gasteiger partial charge in [0.2, 0.25) is 15.9 Å². The summed E-state index contributed by atoms with van der Waals surface area (Å²) >= 11 is 0. The monoisotopic (exact) mass is 438 g/mol. The minimum atomic E-state index is -3.30. The molecule has 2 aromatic carbocycles. The Morgan fingerprint density at radius 2 is 1.68 bits per heavy atom. The Bertz CT molecular complexity index is 1180. The standard InChI is InChI=1S/C23H26N4O3S/c1-17-22(18(2)27(26-17)21-7-5-4-6-8-21)13-14-23(28)25-15-19-9-11-20(12-10-19)16-31(29,30)24-3/h4-14,24H,15-16H2,1-3H3,(H,25,28)/b14-13+. The number of sulfonamides is 1. The molecule has 0 bridgehead atoms. The van der Waals surface area contributed by atoms with Gasteiger partial charge in [-0.3, -0.25) is 4.79 Å². The van der Waals surface area contributed by atoms with Crippen molar-refractivity contribution in [2.75, 3.05) is 7.05 Å². The van der Waals surface area contributed by atoms with Gasteiger partial charge in [-0.2, -0.15) is 5.10 Å². The van der Waals surface area contributed by atoms with Crippen LogP contribution in [0.3, 0.4) is 0 Å². The molecule has 0 radical (unpaired) electrons. The number of hydrogen-bond acceptors (Lipinski definition) is 4. The summed E-state index contributed by atoms with van der Waals surface area (Å²) in [7, 11) is -1.91. The zero-order valence-electron chi connectivity index (χ0n) is 17.8. The lowest BCUT2D eigenvalue weighted by Crippen LogP contribution is -2.21. The minimum Gasteiger partial charge on any atom is -0.348 e. The van der Waals surface area contributed by atoms with E-state index in [2.05, 4.69) is 15.1 Å². The summed E-state index contributed by atoms with van der Waals surface area (Å²) in [5.41, 5.74) is 5.26. The second kappa shape index (κ2) is 9.72. The SMILES string of the molecule is CNS(=O)(=O)Cc1ccc(CNC(=O)/C=C/c2c(C)nn(-c3ccccc3)c2C)cc1. The Morgan fingerprint density at radius 3 is 2.32 bits per heavy atom. The number of nitrogens with one attached hydrogen (secondary N) is 2. The van der Waals surface area contributed by atoms with Crippen LogP contribution in [0.2, 0.25) is 0 Å². The van der Waals surface area contributed by atoms with E-state index in [0.29, 0.717) is 12.1 Å². The molecule has 2 N–H and O–H groups in total. The second-order valence-corrected chi connectivity index (χ2v) is 9.09. The molecule has 1 heterocycles. The van der Waals surface area contributed by atoms with Crippen molar-refractivity contribution >= 4 is 22.0 Å². The zero-order valence-corrected chi connectivity index (χ0v) is 18.6. The number of carbonyl (C=O) groups excluding carboxylic acids is 1. The Balaban J connectivity index is 1.61. The molecule has 0 unspecified atom stereocenters. The third-order valence-electron chi connectivity index (χ3n) is 4.91. The van der Waals surface area contributed by atoms with Gasteiger partial charge >= 0.3 is 0 Å². The number of benzene rings is 2. The van der Waals surface area contributed by atoms with Gasteiger partial charge in [0.15, 0.2) is 0 Å². The topological polar surface area (TPSA) is 93.1 Å². The summed E-state index contributed by atoms with van der Waals surface area (Å²) in [6, 6.07) is 17.0. The van der Waals surface area contributed by atoms with Crippen molar-refractivity contribution in [1.29, 1.82) is 0 Å². The third kappa shape index (κ3) is 5.90. The molecule has 0 aliphatic heterocycles. The van der Waals surface area contributed by atoms with Crippen molar-refractivity contribution in [3.8, 4) is 5.69 Å². The number of aryl methyl sites for hydroxylation is 1. The summed E-state index contributed by atoms with van der Waals surface area (Å²) in [6.45, 7) is 4.24. The highest BCUT2D eigenvalue weighted by molar-refractivity contribution is 7.88. The maximum Gasteiger partial charge on any atom is 0.244 e. The average Bonchev–Trinajstić information content (AvgIpc) is 3.05. The molecule has 1 amide bonds. The van der Waals surface area contributed by atoms with Gasteiger partial charge in [0.05, 0.1) is 17.1 Å². The van der Waals surface area contributed by atoms with Crippen LogP contribution in [0, 0.1) is 13.8 Å². The molecule has 0 saturated heterocycles. The van der Waals surface area contributed by atoms with Crippen LogP contribution in [-0.4, -0.2) is 31.2 Å². The molecule has 3 aromatic rings. The molecule has 3 rings (SSSR count). The molecule has 1 aromatic heterocycles. The van der Waals surface area contributed by atoms with Crippen molar-refractivity contribution in [3.63, 3.8) is 0 Å². The van der Waals surface area contributed by atoms with E-state index in [9.17, 15) is 13.2 Å². The Labute approximate surface area is 182 Å². The molecule has 162 valence electrons. The molecule has 0 spiro atoms. The van der Waals surface area contributed by atoms with E-state index in [1.54, 1.807) is 18.2 Å². The summed E-state index contributed by atoms with van der Waals surface area (Å²) in [5, 5.41) is 7.42. The van der Waals surface area contributed by atoms with Gasteiger partial charge < -0.3 is 5.32 Å². The first-order valence-corrected chi connectivity index (χ1v) is 11.5. The van der Waals surface area contributed by atoms with Gasteiger partial charge in [0, 0.05) is 23.9 Å². The Hall–Kier alpha value is -3.23. The fourth-order valence-corrected chi connectivity index (χ4v) is 3.94. The van der Waals surface area contributed by atoms with Crippen LogP contribution in [0.1, 0.15) is 28.1 Å². The second-order valence-electron chi connectivity index (χ2n) is 7.16. The number of carbonyl (C=O) groups is 1. The highest BCUT2D eigenvalue weighted by Gasteiger charge is 2.11. The van der Waals surface area contributed by atoms with Crippen LogP contribution in [0.25, 0.3) is 11.8 Å². The van der Waals surface area contributed by atoms with Crippen LogP contribution < -0.4 is 10.0 Å². The van der Waals surface area contributed by atoms with Crippen molar-refractivity contribution in [3.05, 3.63) is 88.8 Å². The maximum atomic E-state index is 12.3. The van der Waals surface area contributed by atoms with Crippen molar-refractivity contribution < 1.29 is 13.2 Å². The minimum absolute atomic E-state index is 0.0752. The van der Waals surface area contributed by atoms with Gasteiger partial charge in [0.25, 0.3) is 0 Å². The summed E-state index contributed by atoms with van der Waals surface area (Å²) in [5.74, 6) is -0.290. The van der Waals surface area contributed by atoms with Gasteiger partial charge in [-0.05, 0) is 50.2 Å². The van der Waals surface area contributed by atoms with Crippen LogP contribution in [0.5, 0.6) is 0 Å². The quantitative estimate of drug-likeness (QED) is 0.529. The predicted molar refractivity (Wildman–Crippen MR) is 122 cm³/mol. The van der Waals surface area contributed by atoms with Gasteiger partial charge in [-0.25, -0.2) is 17.8 Å². The van der Waals surface area contributed by atoms with E-state index in [1.807, 2.05) is 61.0 Å². The molecule has 8 heteroatoms. The van der Waals surface area contributed by atoms with E-state index in [-0.39, 0.29) is 11.7 Å². The van der Waals surface area contributed by atoms with E-state index in [4.69, 9.17) is 0 Å². The maximum absolute atomic E-state index is 12.3. The molecule has 31 heavy (non-hydrogen) atoms. The van der Waals surface area contributed by atoms with E-state index in [1.165, 1.54) is 13.1 Å². The predicted octanol–water partition coefficient (Wildman–Crippen LogP) is 2.87. The number of rotatable bonds is 8. The largest absolute Gasteiger partial charge is 0.348 e. The van der Waals surface area contributed by atoms with Crippen molar-refractivity contribution in [2.24, 2.45) is 0 Å². The molecule has 0 saturated carbocycles.